The number of halogens is 3. The van der Waals surface area contributed by atoms with E-state index < -0.39 is 17.8 Å². The molecule has 7 nitrogen and oxygen atoms in total. The van der Waals surface area contributed by atoms with E-state index in [-0.39, 0.29) is 5.56 Å². The van der Waals surface area contributed by atoms with Gasteiger partial charge >= 0.3 is 6.18 Å². The van der Waals surface area contributed by atoms with Crippen molar-refractivity contribution >= 4 is 22.5 Å². The third-order valence-electron chi connectivity index (χ3n) is 7.04. The van der Waals surface area contributed by atoms with Gasteiger partial charge in [-0.15, -0.1) is 0 Å². The molecule has 1 N–H and O–H groups in total. The van der Waals surface area contributed by atoms with Crippen molar-refractivity contribution < 1.29 is 17.9 Å². The zero-order chi connectivity index (χ0) is 25.1. The number of aryl methyl sites for hydroxylation is 1. The number of hydrogen-bond acceptors (Lipinski definition) is 7. The number of nitrogens with one attached hydrogen (secondary N) is 1. The van der Waals surface area contributed by atoms with Crippen molar-refractivity contribution in [2.75, 3.05) is 50.6 Å². The molecule has 10 heteroatoms. The Bertz CT molecular complexity index is 1280. The lowest BCUT2D eigenvalue weighted by Gasteiger charge is -2.60. The summed E-state index contributed by atoms with van der Waals surface area (Å²) in [7, 11) is 3.72. The van der Waals surface area contributed by atoms with Crippen LogP contribution in [0, 0.1) is 19.3 Å². The smallest absolute Gasteiger partial charge is 0.416 e. The lowest BCUT2D eigenvalue weighted by molar-refractivity contribution is -0.138. The first-order chi connectivity index (χ1) is 16.5. The zero-order valence-electron chi connectivity index (χ0n) is 20.5. The van der Waals surface area contributed by atoms with Crippen molar-refractivity contribution in [3.05, 3.63) is 46.8 Å². The van der Waals surface area contributed by atoms with E-state index in [1.165, 1.54) is 13.0 Å². The number of methoxy groups -OCH3 is 1. The second-order valence-electron chi connectivity index (χ2n) is 9.92. The minimum Gasteiger partial charge on any atom is -0.479 e. The molecule has 3 aromatic rings. The SMILES string of the molecule is COc1nc2nc(C)nc(N[C@H](C)c3cccc(C(F)(F)F)c3C)c2cc1N1CC2(CN(C)C2)C1. The van der Waals surface area contributed by atoms with Gasteiger partial charge in [-0.1, -0.05) is 12.1 Å². The molecule has 0 radical (unpaired) electrons. The number of nitrogens with zero attached hydrogens (tertiary/aromatic N) is 5. The standard InChI is InChI=1S/C25H29F3N6O/c1-14-17(7-6-8-19(14)25(26,27)28)15(2)29-21-18-9-20(34-12-24(13-34)10-33(4)11-24)23(35-5)32-22(18)31-16(3)30-21/h6-9,15H,10-13H2,1-5H3,(H,29,30,31,32)/t15-/m1/s1. The predicted octanol–water partition coefficient (Wildman–Crippen LogP) is 4.59. The van der Waals surface area contributed by atoms with Crippen LogP contribution in [0.4, 0.5) is 24.7 Å². The van der Waals surface area contributed by atoms with Gasteiger partial charge in [-0.05, 0) is 51.1 Å². The van der Waals surface area contributed by atoms with Gasteiger partial charge in [0, 0.05) is 31.6 Å². The van der Waals surface area contributed by atoms with Gasteiger partial charge in [0.25, 0.3) is 0 Å². The van der Waals surface area contributed by atoms with Gasteiger partial charge in [-0.25, -0.2) is 9.97 Å². The molecular formula is C25H29F3N6O. The molecule has 4 heterocycles. The fourth-order valence-corrected chi connectivity index (χ4v) is 5.57. The third kappa shape index (κ3) is 4.13. The number of hydrogen-bond donors (Lipinski definition) is 1. The molecule has 1 aromatic carbocycles. The van der Waals surface area contributed by atoms with Crippen LogP contribution in [0.15, 0.2) is 24.3 Å². The monoisotopic (exact) mass is 486 g/mol. The van der Waals surface area contributed by atoms with Crippen LogP contribution < -0.4 is 15.0 Å². The first-order valence-electron chi connectivity index (χ1n) is 11.6. The number of benzene rings is 1. The normalized spacial score (nSPS) is 18.3. The summed E-state index contributed by atoms with van der Waals surface area (Å²) in [5.74, 6) is 1.55. The lowest BCUT2D eigenvalue weighted by Crippen LogP contribution is -2.71. The van der Waals surface area contributed by atoms with E-state index in [0.717, 1.165) is 37.9 Å². The summed E-state index contributed by atoms with van der Waals surface area (Å²) in [6.07, 6.45) is -4.41. The van der Waals surface area contributed by atoms with Gasteiger partial charge in [0.1, 0.15) is 17.3 Å². The number of alkyl halides is 3. The molecule has 0 aliphatic carbocycles. The van der Waals surface area contributed by atoms with Gasteiger partial charge in [0.05, 0.1) is 24.1 Å². The summed E-state index contributed by atoms with van der Waals surface area (Å²) in [5.41, 5.74) is 1.81. The Morgan fingerprint density at radius 2 is 1.80 bits per heavy atom. The maximum Gasteiger partial charge on any atom is 0.416 e. The van der Waals surface area contributed by atoms with Gasteiger partial charge in [-0.2, -0.15) is 18.2 Å². The molecule has 0 amide bonds. The van der Waals surface area contributed by atoms with Crippen LogP contribution in [0.25, 0.3) is 11.0 Å². The first-order valence-corrected chi connectivity index (χ1v) is 11.6. The van der Waals surface area contributed by atoms with Crippen molar-refractivity contribution in [1.82, 2.24) is 19.9 Å². The van der Waals surface area contributed by atoms with Crippen LogP contribution in [-0.2, 0) is 6.18 Å². The number of rotatable bonds is 5. The molecule has 186 valence electrons. The molecule has 2 saturated heterocycles. The number of aromatic nitrogens is 3. The number of anilines is 2. The molecule has 1 spiro atoms. The van der Waals surface area contributed by atoms with Crippen molar-refractivity contribution in [2.45, 2.75) is 33.0 Å². The van der Waals surface area contributed by atoms with E-state index in [1.807, 2.05) is 13.0 Å². The summed E-state index contributed by atoms with van der Waals surface area (Å²) in [6, 6.07) is 5.81. The molecule has 2 fully saturated rings. The highest BCUT2D eigenvalue weighted by Crippen LogP contribution is 2.44. The summed E-state index contributed by atoms with van der Waals surface area (Å²) in [4.78, 5) is 18.3. The number of likely N-dealkylation sites (tertiary alicyclic amines) is 1. The largest absolute Gasteiger partial charge is 0.479 e. The highest BCUT2D eigenvalue weighted by molar-refractivity contribution is 5.91. The van der Waals surface area contributed by atoms with Gasteiger partial charge < -0.3 is 19.9 Å². The van der Waals surface area contributed by atoms with Gasteiger partial charge in [0.15, 0.2) is 5.65 Å². The molecule has 1 atom stereocenters. The Kier molecular flexibility index (Phi) is 5.54. The summed E-state index contributed by atoms with van der Waals surface area (Å²) < 4.78 is 45.9. The van der Waals surface area contributed by atoms with Crippen LogP contribution in [0.5, 0.6) is 5.88 Å². The Hall–Kier alpha value is -3.14. The molecular weight excluding hydrogens is 457 g/mol. The maximum absolute atomic E-state index is 13.4. The van der Waals surface area contributed by atoms with Gasteiger partial charge in [0.2, 0.25) is 5.88 Å². The zero-order valence-corrected chi connectivity index (χ0v) is 20.5. The van der Waals surface area contributed by atoms with Crippen LogP contribution in [-0.4, -0.2) is 60.2 Å². The lowest BCUT2D eigenvalue weighted by atomic mass is 9.73. The van der Waals surface area contributed by atoms with Crippen molar-refractivity contribution in [3.8, 4) is 5.88 Å². The van der Waals surface area contributed by atoms with E-state index in [2.05, 4.69) is 37.1 Å². The second-order valence-corrected chi connectivity index (χ2v) is 9.92. The molecule has 2 aliphatic heterocycles. The quantitative estimate of drug-likeness (QED) is 0.566. The number of pyridine rings is 1. The van der Waals surface area contributed by atoms with Crippen molar-refractivity contribution in [2.24, 2.45) is 5.41 Å². The fourth-order valence-electron chi connectivity index (χ4n) is 5.57. The Morgan fingerprint density at radius 1 is 1.09 bits per heavy atom. The van der Waals surface area contributed by atoms with Crippen LogP contribution in [0.3, 0.4) is 0 Å². The molecule has 0 saturated carbocycles. The first kappa shape index (κ1) is 23.6. The summed E-state index contributed by atoms with van der Waals surface area (Å²) >= 11 is 0. The average molecular weight is 487 g/mol. The van der Waals surface area contributed by atoms with Crippen LogP contribution in [0.1, 0.15) is 35.5 Å². The highest BCUT2D eigenvalue weighted by atomic mass is 19.4. The second kappa shape index (κ2) is 8.22. The highest BCUT2D eigenvalue weighted by Gasteiger charge is 2.51. The van der Waals surface area contributed by atoms with Crippen LogP contribution >= 0.6 is 0 Å². The molecule has 2 aliphatic rings. The number of fused-ring (bicyclic) bond motifs is 1. The third-order valence-corrected chi connectivity index (χ3v) is 7.04. The fraction of sp³-hybridized carbons (Fsp3) is 0.480. The summed E-state index contributed by atoms with van der Waals surface area (Å²) in [5, 5.41) is 4.02. The Labute approximate surface area is 202 Å². The molecule has 5 rings (SSSR count). The topological polar surface area (TPSA) is 66.4 Å². The van der Waals surface area contributed by atoms with Crippen molar-refractivity contribution in [1.29, 1.82) is 0 Å². The van der Waals surface area contributed by atoms with Crippen molar-refractivity contribution in [3.63, 3.8) is 0 Å². The average Bonchev–Trinajstić information content (AvgIpc) is 2.73. The van der Waals surface area contributed by atoms with E-state index in [0.29, 0.717) is 39.5 Å². The Balaban J connectivity index is 1.50. The molecule has 0 bridgehead atoms. The van der Waals surface area contributed by atoms with E-state index in [4.69, 9.17) is 4.74 Å². The molecule has 0 unspecified atom stereocenters. The predicted molar refractivity (Wildman–Crippen MR) is 129 cm³/mol. The van der Waals surface area contributed by atoms with E-state index in [9.17, 15) is 13.2 Å². The summed E-state index contributed by atoms with van der Waals surface area (Å²) in [6.45, 7) is 9.11. The van der Waals surface area contributed by atoms with E-state index in [1.54, 1.807) is 20.1 Å². The number of ether oxygens (including phenoxy) is 1. The molecule has 35 heavy (non-hydrogen) atoms. The van der Waals surface area contributed by atoms with Crippen LogP contribution in [0.2, 0.25) is 0 Å². The minimum absolute atomic E-state index is 0.201. The van der Waals surface area contributed by atoms with Gasteiger partial charge in [-0.3, -0.25) is 0 Å². The van der Waals surface area contributed by atoms with E-state index >= 15 is 0 Å². The molecule has 2 aromatic heterocycles. The maximum atomic E-state index is 13.4. The minimum atomic E-state index is -4.41. The Morgan fingerprint density at radius 3 is 2.43 bits per heavy atom.